The van der Waals surface area contributed by atoms with Gasteiger partial charge in [-0.25, -0.2) is 4.99 Å². The van der Waals surface area contributed by atoms with Gasteiger partial charge in [0.25, 0.3) is 0 Å². The normalized spacial score (nSPS) is 15.6. The Hall–Kier alpha value is -2.05. The number of guanidine groups is 1. The summed E-state index contributed by atoms with van der Waals surface area (Å²) in [6.07, 6.45) is 4.04. The summed E-state index contributed by atoms with van der Waals surface area (Å²) in [6.45, 7) is 11.2. The van der Waals surface area contributed by atoms with Crippen molar-refractivity contribution in [2.75, 3.05) is 46.5 Å². The predicted molar refractivity (Wildman–Crippen MR) is 111 cm³/mol. The Labute approximate surface area is 163 Å². The summed E-state index contributed by atoms with van der Waals surface area (Å²) in [5.41, 5.74) is 1.13. The molecule has 0 bridgehead atoms. The fourth-order valence-corrected chi connectivity index (χ4v) is 3.03. The van der Waals surface area contributed by atoms with Gasteiger partial charge >= 0.3 is 0 Å². The third-order valence-corrected chi connectivity index (χ3v) is 4.60. The molecule has 1 aromatic rings. The molecule has 0 aliphatic carbocycles. The highest BCUT2D eigenvalue weighted by Gasteiger charge is 2.17. The van der Waals surface area contributed by atoms with Crippen molar-refractivity contribution in [3.8, 4) is 5.75 Å². The Morgan fingerprint density at radius 2 is 2.19 bits per heavy atom. The molecule has 6 nitrogen and oxygen atoms in total. The van der Waals surface area contributed by atoms with E-state index in [0.717, 1.165) is 56.4 Å². The topological polar surface area (TPSA) is 58.1 Å². The van der Waals surface area contributed by atoms with E-state index >= 15 is 0 Å². The first-order valence-corrected chi connectivity index (χ1v) is 9.85. The highest BCUT2D eigenvalue weighted by molar-refractivity contribution is 5.79. The van der Waals surface area contributed by atoms with E-state index in [4.69, 9.17) is 9.47 Å². The number of ether oxygens (including phenoxy) is 2. The van der Waals surface area contributed by atoms with E-state index in [9.17, 15) is 0 Å². The second kappa shape index (κ2) is 12.4. The van der Waals surface area contributed by atoms with Crippen molar-refractivity contribution in [3.63, 3.8) is 0 Å². The van der Waals surface area contributed by atoms with E-state index in [2.05, 4.69) is 53.2 Å². The summed E-state index contributed by atoms with van der Waals surface area (Å²) in [5, 5.41) is 6.43. The van der Waals surface area contributed by atoms with Gasteiger partial charge in [-0.2, -0.15) is 0 Å². The van der Waals surface area contributed by atoms with Crippen LogP contribution in [0.15, 0.2) is 41.9 Å². The van der Waals surface area contributed by atoms with Crippen LogP contribution in [-0.4, -0.2) is 63.4 Å². The smallest absolute Gasteiger partial charge is 0.191 e. The zero-order valence-electron chi connectivity index (χ0n) is 16.7. The number of hydrogen-bond acceptors (Lipinski definition) is 4. The number of rotatable bonds is 10. The molecule has 6 heteroatoms. The highest BCUT2D eigenvalue weighted by Crippen LogP contribution is 2.15. The number of benzene rings is 1. The van der Waals surface area contributed by atoms with Crippen molar-refractivity contribution < 1.29 is 9.47 Å². The third kappa shape index (κ3) is 8.01. The molecule has 150 valence electrons. The quantitative estimate of drug-likeness (QED) is 0.374. The van der Waals surface area contributed by atoms with Gasteiger partial charge in [0.2, 0.25) is 0 Å². The third-order valence-electron chi connectivity index (χ3n) is 4.60. The van der Waals surface area contributed by atoms with Crippen LogP contribution in [0.1, 0.15) is 25.3 Å². The van der Waals surface area contributed by atoms with Crippen LogP contribution in [0.2, 0.25) is 0 Å². The average Bonchev–Trinajstić information content (AvgIpc) is 2.71. The maximum absolute atomic E-state index is 5.96. The molecule has 0 atom stereocenters. The number of likely N-dealkylation sites (N-methyl/N-ethyl adjacent to an activating group) is 1. The Balaban J connectivity index is 1.80. The van der Waals surface area contributed by atoms with Crippen LogP contribution in [-0.2, 0) is 11.3 Å². The molecule has 1 fully saturated rings. The lowest BCUT2D eigenvalue weighted by molar-refractivity contribution is 0.0392. The molecule has 0 saturated carbocycles. The minimum absolute atomic E-state index is 0.603. The molecule has 1 aromatic carbocycles. The van der Waals surface area contributed by atoms with Gasteiger partial charge in [-0.1, -0.05) is 18.2 Å². The molecule has 2 rings (SSSR count). The summed E-state index contributed by atoms with van der Waals surface area (Å²) in [4.78, 5) is 6.98. The molecule has 1 aliphatic rings. The summed E-state index contributed by atoms with van der Waals surface area (Å²) in [6, 6.07) is 8.77. The fraction of sp³-hybridized carbons (Fsp3) is 0.571. The first kappa shape index (κ1) is 21.3. The highest BCUT2D eigenvalue weighted by atomic mass is 16.5. The van der Waals surface area contributed by atoms with Gasteiger partial charge in [0.1, 0.15) is 12.4 Å². The maximum atomic E-state index is 5.96. The summed E-state index contributed by atoms with van der Waals surface area (Å²) < 4.78 is 11.4. The largest absolute Gasteiger partial charge is 0.492 e. The van der Waals surface area contributed by atoms with E-state index in [1.165, 1.54) is 0 Å². The van der Waals surface area contributed by atoms with Crippen molar-refractivity contribution in [2.24, 2.45) is 4.99 Å². The first-order valence-electron chi connectivity index (χ1n) is 9.85. The molecule has 1 aliphatic heterocycles. The first-order chi connectivity index (χ1) is 13.2. The van der Waals surface area contributed by atoms with Crippen molar-refractivity contribution in [2.45, 2.75) is 32.4 Å². The minimum Gasteiger partial charge on any atom is -0.492 e. The van der Waals surface area contributed by atoms with Crippen molar-refractivity contribution in [1.82, 2.24) is 15.5 Å². The van der Waals surface area contributed by atoms with Crippen molar-refractivity contribution >= 4 is 5.96 Å². The van der Waals surface area contributed by atoms with Crippen LogP contribution in [0.25, 0.3) is 0 Å². The van der Waals surface area contributed by atoms with E-state index < -0.39 is 0 Å². The van der Waals surface area contributed by atoms with Crippen LogP contribution in [0.4, 0.5) is 0 Å². The molecule has 1 heterocycles. The fourth-order valence-electron chi connectivity index (χ4n) is 3.03. The Morgan fingerprint density at radius 1 is 1.37 bits per heavy atom. The van der Waals surface area contributed by atoms with Gasteiger partial charge in [0.15, 0.2) is 5.96 Å². The Kier molecular flexibility index (Phi) is 9.73. The molecular weight excluding hydrogens is 340 g/mol. The molecule has 0 radical (unpaired) electrons. The van der Waals surface area contributed by atoms with E-state index in [0.29, 0.717) is 25.7 Å². The number of hydrogen-bond donors (Lipinski definition) is 2. The van der Waals surface area contributed by atoms with Gasteiger partial charge in [0.05, 0.1) is 6.54 Å². The molecule has 2 N–H and O–H groups in total. The average molecular weight is 375 g/mol. The molecule has 0 unspecified atom stereocenters. The second-order valence-electron chi connectivity index (χ2n) is 6.68. The zero-order valence-corrected chi connectivity index (χ0v) is 16.7. The number of aliphatic imine (C=N–C) groups is 1. The summed E-state index contributed by atoms with van der Waals surface area (Å²) in [7, 11) is 2.17. The van der Waals surface area contributed by atoms with Gasteiger partial charge in [-0.05, 0) is 44.5 Å². The van der Waals surface area contributed by atoms with Crippen LogP contribution < -0.4 is 15.4 Å². The molecule has 0 spiro atoms. The maximum Gasteiger partial charge on any atom is 0.191 e. The van der Waals surface area contributed by atoms with Gasteiger partial charge in [0, 0.05) is 38.9 Å². The van der Waals surface area contributed by atoms with Crippen LogP contribution in [0, 0.1) is 0 Å². The van der Waals surface area contributed by atoms with Gasteiger partial charge in [-0.3, -0.25) is 4.90 Å². The molecule has 27 heavy (non-hydrogen) atoms. The Morgan fingerprint density at radius 3 is 2.93 bits per heavy atom. The molecule has 0 aromatic heterocycles. The van der Waals surface area contributed by atoms with Crippen LogP contribution in [0.5, 0.6) is 5.75 Å². The van der Waals surface area contributed by atoms with Gasteiger partial charge < -0.3 is 20.1 Å². The van der Waals surface area contributed by atoms with Crippen LogP contribution in [0.3, 0.4) is 0 Å². The van der Waals surface area contributed by atoms with Gasteiger partial charge in [-0.15, -0.1) is 6.58 Å². The van der Waals surface area contributed by atoms with Crippen molar-refractivity contribution in [3.05, 3.63) is 42.5 Å². The second-order valence-corrected chi connectivity index (χ2v) is 6.68. The lowest BCUT2D eigenvalue weighted by Crippen LogP contribution is -2.38. The summed E-state index contributed by atoms with van der Waals surface area (Å²) in [5.74, 6) is 1.69. The van der Waals surface area contributed by atoms with Crippen LogP contribution >= 0.6 is 0 Å². The number of nitrogens with zero attached hydrogens (tertiary/aromatic N) is 2. The summed E-state index contributed by atoms with van der Waals surface area (Å²) >= 11 is 0. The zero-order chi connectivity index (χ0) is 19.3. The SMILES string of the molecule is C=CCNC(=NCc1cccc(OCCN(C)C2CCOCC2)c1)NCC. The monoisotopic (exact) mass is 374 g/mol. The molecule has 1 saturated heterocycles. The number of nitrogens with one attached hydrogen (secondary N) is 2. The lowest BCUT2D eigenvalue weighted by Gasteiger charge is -2.31. The van der Waals surface area contributed by atoms with E-state index in [1.807, 2.05) is 18.2 Å². The molecule has 0 amide bonds. The molecular formula is C21H34N4O2. The standard InChI is InChI=1S/C21H34N4O2/c1-4-11-23-21(22-5-2)24-17-18-7-6-8-20(16-18)27-15-12-25(3)19-9-13-26-14-10-19/h4,6-8,16,19H,1,5,9-15,17H2,2-3H3,(H2,22,23,24). The van der Waals surface area contributed by atoms with E-state index in [1.54, 1.807) is 0 Å². The van der Waals surface area contributed by atoms with Crippen molar-refractivity contribution in [1.29, 1.82) is 0 Å². The minimum atomic E-state index is 0.603. The Bertz CT molecular complexity index is 585. The van der Waals surface area contributed by atoms with E-state index in [-0.39, 0.29) is 0 Å². The lowest BCUT2D eigenvalue weighted by atomic mass is 10.1. The predicted octanol–water partition coefficient (Wildman–Crippen LogP) is 2.42.